The number of thioether (sulfide) groups is 1. The Labute approximate surface area is 186 Å². The molecule has 1 atom stereocenters. The number of fused-ring (bicyclic) bond motifs is 1. The van der Waals surface area contributed by atoms with Gasteiger partial charge in [0.05, 0.1) is 38.0 Å². The molecule has 0 aromatic heterocycles. The van der Waals surface area contributed by atoms with E-state index >= 15 is 0 Å². The molecular formula is C22H27N3O5S. The fourth-order valence-corrected chi connectivity index (χ4v) is 4.75. The van der Waals surface area contributed by atoms with E-state index < -0.39 is 12.0 Å². The van der Waals surface area contributed by atoms with Crippen LogP contribution in [0.25, 0.3) is 0 Å². The number of amidine groups is 1. The van der Waals surface area contributed by atoms with Crippen molar-refractivity contribution < 1.29 is 24.2 Å². The molecule has 1 aromatic rings. The van der Waals surface area contributed by atoms with E-state index in [1.165, 1.54) is 11.8 Å². The molecule has 2 aliphatic rings. The van der Waals surface area contributed by atoms with E-state index in [2.05, 4.69) is 4.99 Å². The number of likely N-dealkylation sites (N-methyl/N-ethyl adjacent to an activating group) is 1. The van der Waals surface area contributed by atoms with Crippen LogP contribution < -0.4 is 9.47 Å². The fraction of sp³-hybridized carbons (Fsp3) is 0.409. The van der Waals surface area contributed by atoms with E-state index in [-0.39, 0.29) is 12.3 Å². The number of carbonyl (C=O) groups excluding carboxylic acids is 1. The zero-order chi connectivity index (χ0) is 22.7. The van der Waals surface area contributed by atoms with Gasteiger partial charge in [0.25, 0.3) is 5.91 Å². The second-order valence-corrected chi connectivity index (χ2v) is 7.92. The molecule has 2 heterocycles. The molecule has 0 spiro atoms. The molecule has 9 heteroatoms. The lowest BCUT2D eigenvalue weighted by atomic mass is 9.92. The molecule has 0 aliphatic carbocycles. The summed E-state index contributed by atoms with van der Waals surface area (Å²) in [6.07, 6.45) is -0.171. The number of ether oxygens (including phenoxy) is 2. The van der Waals surface area contributed by atoms with E-state index in [1.807, 2.05) is 37.8 Å². The van der Waals surface area contributed by atoms with E-state index in [9.17, 15) is 14.7 Å². The highest BCUT2D eigenvalue weighted by atomic mass is 32.2. The van der Waals surface area contributed by atoms with Crippen LogP contribution in [0.3, 0.4) is 0 Å². The predicted octanol–water partition coefficient (Wildman–Crippen LogP) is 3.62. The van der Waals surface area contributed by atoms with Crippen molar-refractivity contribution in [1.82, 2.24) is 9.80 Å². The molecule has 1 amide bonds. The van der Waals surface area contributed by atoms with Crippen molar-refractivity contribution in [3.05, 3.63) is 46.1 Å². The van der Waals surface area contributed by atoms with Crippen LogP contribution in [0, 0.1) is 0 Å². The summed E-state index contributed by atoms with van der Waals surface area (Å²) < 4.78 is 10.9. The highest BCUT2D eigenvalue weighted by Gasteiger charge is 2.41. The van der Waals surface area contributed by atoms with Gasteiger partial charge in [-0.3, -0.25) is 9.59 Å². The van der Waals surface area contributed by atoms with E-state index in [0.717, 1.165) is 5.56 Å². The average molecular weight is 446 g/mol. The molecule has 1 aromatic carbocycles. The van der Waals surface area contributed by atoms with Crippen LogP contribution in [0.2, 0.25) is 0 Å². The Kier molecular flexibility index (Phi) is 6.94. The minimum atomic E-state index is -0.946. The van der Waals surface area contributed by atoms with Gasteiger partial charge in [0.1, 0.15) is 11.5 Å². The SMILES string of the molecule is CCN(CC)C(=O)C1=C(C)N=C2SC=C(CC(=O)O)N2C1c1cc(OC)cc(OC)c1. The van der Waals surface area contributed by atoms with Crippen LogP contribution in [0.15, 0.2) is 45.6 Å². The average Bonchev–Trinajstić information content (AvgIpc) is 3.14. The lowest BCUT2D eigenvalue weighted by molar-refractivity contribution is -0.136. The van der Waals surface area contributed by atoms with Gasteiger partial charge in [0.2, 0.25) is 0 Å². The van der Waals surface area contributed by atoms with Crippen molar-refractivity contribution in [2.75, 3.05) is 27.3 Å². The highest BCUT2D eigenvalue weighted by Crippen LogP contribution is 2.46. The molecule has 8 nitrogen and oxygen atoms in total. The third-order valence-electron chi connectivity index (χ3n) is 5.30. The van der Waals surface area contributed by atoms with Gasteiger partial charge >= 0.3 is 5.97 Å². The predicted molar refractivity (Wildman–Crippen MR) is 120 cm³/mol. The summed E-state index contributed by atoms with van der Waals surface area (Å²) in [7, 11) is 3.13. The quantitative estimate of drug-likeness (QED) is 0.653. The van der Waals surface area contributed by atoms with Gasteiger partial charge in [0, 0.05) is 24.9 Å². The lowest BCUT2D eigenvalue weighted by Crippen LogP contribution is -2.41. The summed E-state index contributed by atoms with van der Waals surface area (Å²) in [5.74, 6) is 0.101. The molecule has 0 radical (unpaired) electrons. The molecule has 1 N–H and O–H groups in total. The van der Waals surface area contributed by atoms with Crippen LogP contribution in [0.1, 0.15) is 38.8 Å². The van der Waals surface area contributed by atoms with Crippen molar-refractivity contribution in [2.45, 2.75) is 33.2 Å². The number of methoxy groups -OCH3 is 2. The number of benzene rings is 1. The molecule has 3 rings (SSSR count). The smallest absolute Gasteiger partial charge is 0.309 e. The van der Waals surface area contributed by atoms with Gasteiger partial charge in [0.15, 0.2) is 5.17 Å². The van der Waals surface area contributed by atoms with Crippen molar-refractivity contribution in [3.8, 4) is 11.5 Å². The van der Waals surface area contributed by atoms with E-state index in [4.69, 9.17) is 9.47 Å². The van der Waals surface area contributed by atoms with Crippen LogP contribution in [-0.4, -0.2) is 59.3 Å². The number of aliphatic imine (C=N–C) groups is 1. The Morgan fingerprint density at radius 3 is 2.29 bits per heavy atom. The number of carboxylic acids is 1. The molecular weight excluding hydrogens is 418 g/mol. The minimum absolute atomic E-state index is 0.122. The second kappa shape index (κ2) is 9.47. The number of allylic oxidation sites excluding steroid dienone is 1. The lowest BCUT2D eigenvalue weighted by Gasteiger charge is -2.38. The Morgan fingerprint density at radius 2 is 1.77 bits per heavy atom. The molecule has 2 aliphatic heterocycles. The first-order valence-electron chi connectivity index (χ1n) is 10.0. The molecule has 0 saturated carbocycles. The zero-order valence-electron chi connectivity index (χ0n) is 18.3. The maximum Gasteiger partial charge on any atom is 0.309 e. The van der Waals surface area contributed by atoms with E-state index in [1.54, 1.807) is 30.6 Å². The van der Waals surface area contributed by atoms with Crippen molar-refractivity contribution >= 4 is 28.8 Å². The summed E-state index contributed by atoms with van der Waals surface area (Å²) in [5.41, 5.74) is 2.48. The topological polar surface area (TPSA) is 91.7 Å². The summed E-state index contributed by atoms with van der Waals surface area (Å²) in [6, 6.07) is 4.90. The summed E-state index contributed by atoms with van der Waals surface area (Å²) in [5, 5.41) is 11.9. The highest BCUT2D eigenvalue weighted by molar-refractivity contribution is 8.16. The monoisotopic (exact) mass is 445 g/mol. The Morgan fingerprint density at radius 1 is 1.16 bits per heavy atom. The molecule has 0 fully saturated rings. The second-order valence-electron chi connectivity index (χ2n) is 7.09. The number of carboxylic acid groups (broad SMARTS) is 1. The number of aliphatic carboxylic acids is 1. The van der Waals surface area contributed by atoms with Gasteiger partial charge in [-0.05, 0) is 43.9 Å². The van der Waals surface area contributed by atoms with Crippen LogP contribution in [0.4, 0.5) is 0 Å². The molecule has 31 heavy (non-hydrogen) atoms. The zero-order valence-corrected chi connectivity index (χ0v) is 19.2. The Balaban J connectivity index is 2.21. The van der Waals surface area contributed by atoms with Crippen molar-refractivity contribution in [2.24, 2.45) is 4.99 Å². The molecule has 166 valence electrons. The van der Waals surface area contributed by atoms with Gasteiger partial charge in [-0.2, -0.15) is 0 Å². The molecule has 1 unspecified atom stereocenters. The number of rotatable bonds is 8. The normalized spacial score (nSPS) is 17.7. The number of nitrogens with zero attached hydrogens (tertiary/aromatic N) is 3. The minimum Gasteiger partial charge on any atom is -0.497 e. The first-order chi connectivity index (χ1) is 14.8. The van der Waals surface area contributed by atoms with Gasteiger partial charge < -0.3 is 24.4 Å². The number of hydrogen-bond donors (Lipinski definition) is 1. The fourth-order valence-electron chi connectivity index (χ4n) is 3.78. The van der Waals surface area contributed by atoms with Crippen LogP contribution in [0.5, 0.6) is 11.5 Å². The maximum absolute atomic E-state index is 13.5. The first-order valence-corrected chi connectivity index (χ1v) is 10.9. The Bertz CT molecular complexity index is 959. The summed E-state index contributed by atoms with van der Waals surface area (Å²) in [6.45, 7) is 6.80. The first kappa shape index (κ1) is 22.7. The van der Waals surface area contributed by atoms with Crippen LogP contribution >= 0.6 is 11.8 Å². The number of hydrogen-bond acceptors (Lipinski definition) is 7. The van der Waals surface area contributed by atoms with Gasteiger partial charge in [-0.25, -0.2) is 4.99 Å². The maximum atomic E-state index is 13.5. The van der Waals surface area contributed by atoms with Crippen molar-refractivity contribution in [3.63, 3.8) is 0 Å². The Hall–Kier alpha value is -2.94. The van der Waals surface area contributed by atoms with Crippen molar-refractivity contribution in [1.29, 1.82) is 0 Å². The molecule has 0 saturated heterocycles. The third kappa shape index (κ3) is 4.41. The van der Waals surface area contributed by atoms with Gasteiger partial charge in [-0.15, -0.1) is 0 Å². The van der Waals surface area contributed by atoms with Crippen LogP contribution in [-0.2, 0) is 9.59 Å². The third-order valence-corrected chi connectivity index (χ3v) is 6.19. The largest absolute Gasteiger partial charge is 0.497 e. The summed E-state index contributed by atoms with van der Waals surface area (Å²) >= 11 is 1.36. The molecule has 0 bridgehead atoms. The number of carbonyl (C=O) groups is 2. The number of amides is 1. The van der Waals surface area contributed by atoms with Gasteiger partial charge in [-0.1, -0.05) is 11.8 Å². The van der Waals surface area contributed by atoms with E-state index in [0.29, 0.717) is 46.7 Å². The standard InChI is InChI=1S/C22H27N3O5S/c1-6-24(7-2)21(28)19-13(3)23-22-25(15(12-31-22)10-18(26)27)20(19)14-8-16(29-4)11-17(9-14)30-5/h8-9,11-12,20H,6-7,10H2,1-5H3,(H,26,27). The summed E-state index contributed by atoms with van der Waals surface area (Å²) in [4.78, 5) is 33.3.